The van der Waals surface area contributed by atoms with E-state index >= 15 is 0 Å². The second kappa shape index (κ2) is 10.7. The fourth-order valence-corrected chi connectivity index (χ4v) is 4.99. The van der Waals surface area contributed by atoms with Crippen LogP contribution >= 0.6 is 0 Å². The van der Waals surface area contributed by atoms with Crippen LogP contribution in [0.1, 0.15) is 33.4 Å². The Kier molecular flexibility index (Phi) is 7.26. The first-order valence-electron chi connectivity index (χ1n) is 12.9. The van der Waals surface area contributed by atoms with Gasteiger partial charge in [-0.05, 0) is 91.9 Å². The quantitative estimate of drug-likeness (QED) is 0.324. The molecular weight excluding hydrogens is 440 g/mol. The Hall–Kier alpha value is -3.34. The summed E-state index contributed by atoms with van der Waals surface area (Å²) >= 11 is 0. The Morgan fingerprint density at radius 3 is 1.56 bits per heavy atom. The van der Waals surface area contributed by atoms with Gasteiger partial charge in [0.25, 0.3) is 0 Å². The molecule has 0 aliphatic carbocycles. The number of rotatable bonds is 6. The fraction of sp³-hybridized carbons (Fsp3) is 0.312. The van der Waals surface area contributed by atoms with Crippen LogP contribution in [0.15, 0.2) is 73.1 Å². The molecule has 0 spiro atoms. The number of pyridine rings is 2. The van der Waals surface area contributed by atoms with E-state index in [1.165, 1.54) is 44.5 Å². The molecule has 0 bridgehead atoms. The molecule has 1 aliphatic heterocycles. The normalized spacial score (nSPS) is 14.8. The zero-order valence-corrected chi connectivity index (χ0v) is 22.0. The van der Waals surface area contributed by atoms with Crippen LogP contribution in [0, 0.1) is 27.7 Å². The van der Waals surface area contributed by atoms with Crippen LogP contribution in [0.25, 0.3) is 22.5 Å². The van der Waals surface area contributed by atoms with Crippen LogP contribution in [0.4, 0.5) is 0 Å². The summed E-state index contributed by atoms with van der Waals surface area (Å²) in [7, 11) is 0. The van der Waals surface area contributed by atoms with E-state index in [1.54, 1.807) is 0 Å². The first-order valence-corrected chi connectivity index (χ1v) is 12.9. The largest absolute Gasteiger partial charge is 0.297 e. The number of hydrogen-bond acceptors (Lipinski definition) is 4. The maximum atomic E-state index is 4.67. The van der Waals surface area contributed by atoms with Gasteiger partial charge < -0.3 is 0 Å². The maximum Gasteiger partial charge on any atom is 0.0705 e. The predicted octanol–water partition coefficient (Wildman–Crippen LogP) is 6.36. The second-order valence-corrected chi connectivity index (χ2v) is 10.3. The third-order valence-electron chi connectivity index (χ3n) is 7.50. The summed E-state index contributed by atoms with van der Waals surface area (Å²) in [6.07, 6.45) is 3.90. The Morgan fingerprint density at radius 1 is 0.583 bits per heavy atom. The van der Waals surface area contributed by atoms with Gasteiger partial charge in [0.05, 0.1) is 11.4 Å². The minimum absolute atomic E-state index is 0.972. The lowest BCUT2D eigenvalue weighted by Crippen LogP contribution is -2.45. The highest BCUT2D eigenvalue weighted by molar-refractivity contribution is 5.63. The molecule has 184 valence electrons. The van der Waals surface area contributed by atoms with Crippen molar-refractivity contribution in [2.75, 3.05) is 26.2 Å². The van der Waals surface area contributed by atoms with Crippen LogP contribution in [-0.2, 0) is 13.1 Å². The predicted molar refractivity (Wildman–Crippen MR) is 149 cm³/mol. The van der Waals surface area contributed by atoms with Crippen molar-refractivity contribution in [3.05, 3.63) is 106 Å². The number of piperazine rings is 1. The van der Waals surface area contributed by atoms with E-state index in [-0.39, 0.29) is 0 Å². The van der Waals surface area contributed by atoms with Gasteiger partial charge in [0.1, 0.15) is 0 Å². The molecule has 4 aromatic rings. The molecule has 2 aromatic heterocycles. The summed E-state index contributed by atoms with van der Waals surface area (Å²) in [5, 5.41) is 0. The van der Waals surface area contributed by atoms with E-state index in [2.05, 4.69) is 108 Å². The van der Waals surface area contributed by atoms with E-state index in [0.29, 0.717) is 0 Å². The van der Waals surface area contributed by atoms with E-state index in [0.717, 1.165) is 50.7 Å². The van der Waals surface area contributed by atoms with Gasteiger partial charge in [-0.15, -0.1) is 0 Å². The molecule has 1 saturated heterocycles. The number of benzene rings is 2. The van der Waals surface area contributed by atoms with Crippen molar-refractivity contribution in [3.63, 3.8) is 0 Å². The van der Waals surface area contributed by atoms with Gasteiger partial charge in [0, 0.05) is 62.8 Å². The molecule has 5 rings (SSSR count). The van der Waals surface area contributed by atoms with Crippen molar-refractivity contribution in [3.8, 4) is 22.5 Å². The van der Waals surface area contributed by atoms with Crippen LogP contribution in [0.2, 0.25) is 0 Å². The molecule has 0 atom stereocenters. The van der Waals surface area contributed by atoms with Gasteiger partial charge in [0.2, 0.25) is 0 Å². The minimum atomic E-state index is 0.972. The molecule has 0 amide bonds. The molecule has 1 fully saturated rings. The topological polar surface area (TPSA) is 32.3 Å². The third-order valence-corrected chi connectivity index (χ3v) is 7.50. The molecule has 3 heterocycles. The summed E-state index contributed by atoms with van der Waals surface area (Å²) in [6.45, 7) is 14.9. The summed E-state index contributed by atoms with van der Waals surface area (Å²) < 4.78 is 0. The van der Waals surface area contributed by atoms with Gasteiger partial charge in [-0.25, -0.2) is 0 Å². The summed E-state index contributed by atoms with van der Waals surface area (Å²) in [4.78, 5) is 14.4. The highest BCUT2D eigenvalue weighted by Gasteiger charge is 2.18. The smallest absolute Gasteiger partial charge is 0.0705 e. The van der Waals surface area contributed by atoms with Crippen molar-refractivity contribution in [2.24, 2.45) is 0 Å². The molecular formula is C32H36N4. The average Bonchev–Trinajstić information content (AvgIpc) is 2.89. The van der Waals surface area contributed by atoms with Gasteiger partial charge >= 0.3 is 0 Å². The molecule has 4 nitrogen and oxygen atoms in total. The summed E-state index contributed by atoms with van der Waals surface area (Å²) in [5.41, 5.74) is 12.5. The number of aromatic nitrogens is 2. The van der Waals surface area contributed by atoms with Crippen molar-refractivity contribution in [1.82, 2.24) is 19.8 Å². The van der Waals surface area contributed by atoms with Gasteiger partial charge in [-0.2, -0.15) is 0 Å². The number of aryl methyl sites for hydroxylation is 3. The van der Waals surface area contributed by atoms with E-state index < -0.39 is 0 Å². The van der Waals surface area contributed by atoms with Crippen LogP contribution in [0.5, 0.6) is 0 Å². The SMILES string of the molecule is Cc1ccc(-c2cc(CN3CCN(Cc4ccnc(-c5cc(C)c(C)c(C)c5)c4)CC3)ccn2)cc1. The van der Waals surface area contributed by atoms with Crippen LogP contribution in [-0.4, -0.2) is 45.9 Å². The minimum Gasteiger partial charge on any atom is -0.297 e. The van der Waals surface area contributed by atoms with Crippen molar-refractivity contribution >= 4 is 0 Å². The standard InChI is InChI=1S/C32H36N4/c1-23-5-7-29(8-6-23)31-19-27(9-11-33-31)21-35-13-15-36(16-14-35)22-28-10-12-34-32(20-28)30-17-24(2)26(4)25(3)18-30/h5-12,17-20H,13-16,21-22H2,1-4H3. The molecule has 1 aliphatic rings. The molecule has 0 radical (unpaired) electrons. The lowest BCUT2D eigenvalue weighted by molar-refractivity contribution is 0.122. The average molecular weight is 477 g/mol. The molecule has 36 heavy (non-hydrogen) atoms. The molecule has 2 aromatic carbocycles. The lowest BCUT2D eigenvalue weighted by atomic mass is 9.98. The molecule has 0 unspecified atom stereocenters. The Balaban J connectivity index is 1.18. The molecule has 4 heteroatoms. The lowest BCUT2D eigenvalue weighted by Gasteiger charge is -2.34. The van der Waals surface area contributed by atoms with Crippen molar-refractivity contribution in [2.45, 2.75) is 40.8 Å². The first-order chi connectivity index (χ1) is 17.4. The van der Waals surface area contributed by atoms with E-state index in [1.807, 2.05) is 12.4 Å². The maximum absolute atomic E-state index is 4.67. The Labute approximate surface area is 215 Å². The third kappa shape index (κ3) is 5.72. The number of hydrogen-bond donors (Lipinski definition) is 0. The Bertz CT molecular complexity index is 1310. The van der Waals surface area contributed by atoms with Gasteiger partial charge in [-0.3, -0.25) is 19.8 Å². The second-order valence-electron chi connectivity index (χ2n) is 10.3. The van der Waals surface area contributed by atoms with Gasteiger partial charge in [0.15, 0.2) is 0 Å². The molecule has 0 N–H and O–H groups in total. The molecule has 0 saturated carbocycles. The zero-order valence-electron chi connectivity index (χ0n) is 22.0. The monoisotopic (exact) mass is 476 g/mol. The highest BCUT2D eigenvalue weighted by atomic mass is 15.3. The van der Waals surface area contributed by atoms with Crippen LogP contribution < -0.4 is 0 Å². The van der Waals surface area contributed by atoms with Crippen molar-refractivity contribution < 1.29 is 0 Å². The van der Waals surface area contributed by atoms with Gasteiger partial charge in [-0.1, -0.05) is 29.8 Å². The fourth-order valence-electron chi connectivity index (χ4n) is 4.99. The highest BCUT2D eigenvalue weighted by Crippen LogP contribution is 2.25. The first kappa shape index (κ1) is 24.4. The van der Waals surface area contributed by atoms with Crippen molar-refractivity contribution in [1.29, 1.82) is 0 Å². The number of nitrogens with zero attached hydrogens (tertiary/aromatic N) is 4. The van der Waals surface area contributed by atoms with Crippen LogP contribution in [0.3, 0.4) is 0 Å². The van der Waals surface area contributed by atoms with E-state index in [4.69, 9.17) is 0 Å². The Morgan fingerprint density at radius 2 is 1.06 bits per heavy atom. The summed E-state index contributed by atoms with van der Waals surface area (Å²) in [6, 6.07) is 22.0. The zero-order chi connectivity index (χ0) is 25.1. The summed E-state index contributed by atoms with van der Waals surface area (Å²) in [5.74, 6) is 0. The van der Waals surface area contributed by atoms with E-state index in [9.17, 15) is 0 Å².